The van der Waals surface area contributed by atoms with Crippen LogP contribution in [0.1, 0.15) is 16.2 Å². The van der Waals surface area contributed by atoms with Crippen molar-refractivity contribution in [3.05, 3.63) is 55.0 Å². The Balaban J connectivity index is 1.60. The van der Waals surface area contributed by atoms with E-state index >= 15 is 0 Å². The number of nitrogens with zero attached hydrogens (tertiary/aromatic N) is 6. The Morgan fingerprint density at radius 3 is 3.13 bits per heavy atom. The van der Waals surface area contributed by atoms with Crippen molar-refractivity contribution in [3.8, 4) is 0 Å². The number of furan rings is 1. The lowest BCUT2D eigenvalue weighted by atomic mass is 10.1. The number of hydrogen-bond donors (Lipinski definition) is 0. The van der Waals surface area contributed by atoms with Crippen LogP contribution in [0.5, 0.6) is 0 Å². The first kappa shape index (κ1) is 13.7. The van der Waals surface area contributed by atoms with Crippen LogP contribution in [-0.2, 0) is 19.6 Å². The van der Waals surface area contributed by atoms with Gasteiger partial charge in [0, 0.05) is 37.9 Å². The van der Waals surface area contributed by atoms with E-state index in [4.69, 9.17) is 4.42 Å². The van der Waals surface area contributed by atoms with Crippen molar-refractivity contribution < 1.29 is 9.21 Å². The molecule has 1 amide bonds. The van der Waals surface area contributed by atoms with Gasteiger partial charge in [0.05, 0.1) is 18.4 Å². The van der Waals surface area contributed by atoms with Crippen LogP contribution in [-0.4, -0.2) is 41.7 Å². The zero-order chi connectivity index (χ0) is 15.6. The summed E-state index contributed by atoms with van der Waals surface area (Å²) in [6.45, 7) is 2.62. The van der Waals surface area contributed by atoms with E-state index in [1.807, 2.05) is 11.1 Å². The second-order valence-electron chi connectivity index (χ2n) is 5.68. The van der Waals surface area contributed by atoms with Crippen LogP contribution in [0.15, 0.2) is 48.1 Å². The van der Waals surface area contributed by atoms with Crippen LogP contribution in [0, 0.1) is 5.92 Å². The Hall–Kier alpha value is -2.90. The average Bonchev–Trinajstić information content (AvgIpc) is 3.28. The molecular formula is C15H16N6O2. The van der Waals surface area contributed by atoms with Crippen molar-refractivity contribution >= 4 is 5.91 Å². The van der Waals surface area contributed by atoms with Crippen LogP contribution in [0.2, 0.25) is 0 Å². The molecule has 0 fully saturated rings. The van der Waals surface area contributed by atoms with Crippen molar-refractivity contribution in [2.75, 3.05) is 6.54 Å². The molecule has 23 heavy (non-hydrogen) atoms. The van der Waals surface area contributed by atoms with Gasteiger partial charge < -0.3 is 13.9 Å². The first-order valence-corrected chi connectivity index (χ1v) is 7.43. The van der Waals surface area contributed by atoms with Gasteiger partial charge in [-0.1, -0.05) is 0 Å². The lowest BCUT2D eigenvalue weighted by molar-refractivity contribution is 0.0712. The first-order valence-electron chi connectivity index (χ1n) is 7.43. The highest BCUT2D eigenvalue weighted by Crippen LogP contribution is 2.19. The molecule has 118 valence electrons. The van der Waals surface area contributed by atoms with Gasteiger partial charge in [0.1, 0.15) is 24.7 Å². The van der Waals surface area contributed by atoms with Crippen LogP contribution < -0.4 is 0 Å². The highest BCUT2D eigenvalue weighted by Gasteiger charge is 2.27. The number of amides is 1. The largest absolute Gasteiger partial charge is 0.472 e. The molecule has 4 rings (SSSR count). The zero-order valence-corrected chi connectivity index (χ0v) is 12.4. The third-order valence-corrected chi connectivity index (χ3v) is 4.03. The quantitative estimate of drug-likeness (QED) is 0.721. The molecule has 0 N–H and O–H groups in total. The van der Waals surface area contributed by atoms with Crippen LogP contribution in [0.4, 0.5) is 0 Å². The summed E-state index contributed by atoms with van der Waals surface area (Å²) in [7, 11) is 0. The van der Waals surface area contributed by atoms with Gasteiger partial charge in [-0.25, -0.2) is 9.97 Å². The Bertz CT molecular complexity index is 777. The van der Waals surface area contributed by atoms with Crippen molar-refractivity contribution in [1.82, 2.24) is 29.2 Å². The van der Waals surface area contributed by atoms with Crippen LogP contribution >= 0.6 is 0 Å². The van der Waals surface area contributed by atoms with Crippen molar-refractivity contribution in [1.29, 1.82) is 0 Å². The fraction of sp³-hybridized carbons (Fsp3) is 0.333. The molecule has 1 atom stereocenters. The van der Waals surface area contributed by atoms with Gasteiger partial charge in [0.15, 0.2) is 0 Å². The molecule has 8 nitrogen and oxygen atoms in total. The second-order valence-corrected chi connectivity index (χ2v) is 5.68. The number of rotatable bonds is 3. The van der Waals surface area contributed by atoms with E-state index in [0.29, 0.717) is 25.2 Å². The first-order chi connectivity index (χ1) is 11.3. The lowest BCUT2D eigenvalue weighted by Crippen LogP contribution is -2.35. The second kappa shape index (κ2) is 5.71. The maximum atomic E-state index is 12.7. The number of hydrogen-bond acceptors (Lipinski definition) is 5. The van der Waals surface area contributed by atoms with Gasteiger partial charge in [-0.2, -0.15) is 5.10 Å². The SMILES string of the molecule is O=C(c1ccoc1)N1Cc2nccn2C[C@@H](Cn2cncn2)C1. The van der Waals surface area contributed by atoms with E-state index in [2.05, 4.69) is 19.6 Å². The minimum Gasteiger partial charge on any atom is -0.472 e. The predicted octanol–water partition coefficient (Wildman–Crippen LogP) is 1.04. The number of imidazole rings is 1. The molecule has 3 aromatic heterocycles. The van der Waals surface area contributed by atoms with Crippen molar-refractivity contribution in [2.24, 2.45) is 5.92 Å². The molecule has 0 bridgehead atoms. The minimum atomic E-state index is -0.0428. The Morgan fingerprint density at radius 2 is 2.35 bits per heavy atom. The van der Waals surface area contributed by atoms with E-state index in [1.54, 1.807) is 23.3 Å². The summed E-state index contributed by atoms with van der Waals surface area (Å²) in [5, 5.41) is 4.17. The fourth-order valence-corrected chi connectivity index (χ4v) is 2.97. The number of aromatic nitrogens is 5. The third-order valence-electron chi connectivity index (χ3n) is 4.03. The summed E-state index contributed by atoms with van der Waals surface area (Å²) < 4.78 is 8.93. The van der Waals surface area contributed by atoms with Gasteiger partial charge in [-0.3, -0.25) is 9.48 Å². The van der Waals surface area contributed by atoms with Gasteiger partial charge >= 0.3 is 0 Å². The third kappa shape index (κ3) is 2.75. The summed E-state index contributed by atoms with van der Waals surface area (Å²) in [5.41, 5.74) is 0.560. The molecule has 1 aliphatic rings. The lowest BCUT2D eigenvalue weighted by Gasteiger charge is -2.23. The van der Waals surface area contributed by atoms with E-state index in [1.165, 1.54) is 18.9 Å². The standard InChI is InChI=1S/C15H16N6O2/c22-15(13-1-4-23-9-13)20-6-12(7-21-11-16-10-18-21)5-19-3-2-17-14(19)8-20/h1-4,9-12H,5-8H2/t12-/m1/s1. The monoisotopic (exact) mass is 312 g/mol. The number of carbonyl (C=O) groups excluding carboxylic acids is 1. The van der Waals surface area contributed by atoms with E-state index in [0.717, 1.165) is 12.4 Å². The Kier molecular flexibility index (Phi) is 3.41. The molecule has 0 saturated heterocycles. The van der Waals surface area contributed by atoms with E-state index in [9.17, 15) is 4.79 Å². The Labute approximate surface area is 132 Å². The summed E-state index contributed by atoms with van der Waals surface area (Å²) in [4.78, 5) is 22.9. The van der Waals surface area contributed by atoms with Gasteiger partial charge in [0.25, 0.3) is 5.91 Å². The summed E-state index contributed by atoms with van der Waals surface area (Å²) in [5.74, 6) is 1.07. The maximum absolute atomic E-state index is 12.7. The molecule has 8 heteroatoms. The zero-order valence-electron chi connectivity index (χ0n) is 12.4. The van der Waals surface area contributed by atoms with Gasteiger partial charge in [0.2, 0.25) is 0 Å². The molecule has 3 aromatic rings. The molecule has 4 heterocycles. The fourth-order valence-electron chi connectivity index (χ4n) is 2.97. The molecule has 0 unspecified atom stereocenters. The summed E-state index contributed by atoms with van der Waals surface area (Å²) >= 11 is 0. The molecular weight excluding hydrogens is 296 g/mol. The van der Waals surface area contributed by atoms with Gasteiger partial charge in [-0.05, 0) is 6.07 Å². The minimum absolute atomic E-state index is 0.0428. The topological polar surface area (TPSA) is 82.0 Å². The highest BCUT2D eigenvalue weighted by atomic mass is 16.3. The van der Waals surface area contributed by atoms with E-state index in [-0.39, 0.29) is 11.8 Å². The van der Waals surface area contributed by atoms with Crippen LogP contribution in [0.3, 0.4) is 0 Å². The molecule has 0 spiro atoms. The Morgan fingerprint density at radius 1 is 1.39 bits per heavy atom. The molecule has 0 aliphatic carbocycles. The number of fused-ring (bicyclic) bond motifs is 1. The van der Waals surface area contributed by atoms with Gasteiger partial charge in [-0.15, -0.1) is 0 Å². The average molecular weight is 312 g/mol. The van der Waals surface area contributed by atoms with Crippen LogP contribution in [0.25, 0.3) is 0 Å². The maximum Gasteiger partial charge on any atom is 0.257 e. The van der Waals surface area contributed by atoms with E-state index < -0.39 is 0 Å². The molecule has 0 saturated carbocycles. The molecule has 0 radical (unpaired) electrons. The normalized spacial score (nSPS) is 17.7. The predicted molar refractivity (Wildman–Crippen MR) is 79.2 cm³/mol. The molecule has 1 aliphatic heterocycles. The smallest absolute Gasteiger partial charge is 0.257 e. The van der Waals surface area contributed by atoms with Crippen molar-refractivity contribution in [2.45, 2.75) is 19.6 Å². The number of carbonyl (C=O) groups is 1. The highest BCUT2D eigenvalue weighted by molar-refractivity contribution is 5.93. The van der Waals surface area contributed by atoms with Crippen molar-refractivity contribution in [3.63, 3.8) is 0 Å². The molecule has 0 aromatic carbocycles. The summed E-state index contributed by atoms with van der Waals surface area (Å²) in [6, 6.07) is 1.69. The summed E-state index contributed by atoms with van der Waals surface area (Å²) in [6.07, 6.45) is 9.93.